The second-order valence-corrected chi connectivity index (χ2v) is 3.65. The molecule has 5 heteroatoms. The van der Waals surface area contributed by atoms with Gasteiger partial charge in [0.25, 0.3) is 0 Å². The zero-order valence-corrected chi connectivity index (χ0v) is 8.26. The monoisotopic (exact) mass is 197 g/mol. The van der Waals surface area contributed by atoms with Crippen molar-refractivity contribution in [3.8, 4) is 0 Å². The molecule has 1 aromatic heterocycles. The molecule has 1 aromatic rings. The van der Waals surface area contributed by atoms with Crippen LogP contribution in [0.2, 0.25) is 0 Å². The van der Waals surface area contributed by atoms with Gasteiger partial charge in [-0.2, -0.15) is 0 Å². The van der Waals surface area contributed by atoms with E-state index >= 15 is 0 Å². The first-order valence-electron chi connectivity index (χ1n) is 4.95. The fourth-order valence-corrected chi connectivity index (χ4v) is 1.71. The standard InChI is InChI=1S/C9H15N3O2/c1-7(13)9-5-10-11-12(9)6-8-3-2-4-14-8/h5,7-8,13H,2-4,6H2,1H3/t7-,8?/m0/s1. The van der Waals surface area contributed by atoms with Gasteiger partial charge in [0.05, 0.1) is 30.6 Å². The van der Waals surface area contributed by atoms with E-state index in [2.05, 4.69) is 10.3 Å². The number of aliphatic hydroxyl groups excluding tert-OH is 1. The Labute approximate surface area is 82.7 Å². The Morgan fingerprint density at radius 3 is 3.29 bits per heavy atom. The van der Waals surface area contributed by atoms with E-state index in [4.69, 9.17) is 4.74 Å². The van der Waals surface area contributed by atoms with Crippen molar-refractivity contribution >= 4 is 0 Å². The SMILES string of the molecule is C[C@H](O)c1cnnn1CC1CCCO1. The van der Waals surface area contributed by atoms with E-state index < -0.39 is 6.10 Å². The van der Waals surface area contributed by atoms with E-state index in [9.17, 15) is 5.11 Å². The minimum atomic E-state index is -0.522. The summed E-state index contributed by atoms with van der Waals surface area (Å²) in [4.78, 5) is 0. The third-order valence-corrected chi connectivity index (χ3v) is 2.48. The average molecular weight is 197 g/mol. The number of aliphatic hydroxyl groups is 1. The lowest BCUT2D eigenvalue weighted by atomic mass is 10.2. The highest BCUT2D eigenvalue weighted by atomic mass is 16.5. The van der Waals surface area contributed by atoms with Crippen molar-refractivity contribution in [3.05, 3.63) is 11.9 Å². The molecule has 14 heavy (non-hydrogen) atoms. The summed E-state index contributed by atoms with van der Waals surface area (Å²) >= 11 is 0. The fraction of sp³-hybridized carbons (Fsp3) is 0.778. The lowest BCUT2D eigenvalue weighted by molar-refractivity contribution is 0.0893. The minimum Gasteiger partial charge on any atom is -0.387 e. The number of rotatable bonds is 3. The van der Waals surface area contributed by atoms with Crippen molar-refractivity contribution in [2.75, 3.05) is 6.61 Å². The van der Waals surface area contributed by atoms with E-state index in [1.54, 1.807) is 17.8 Å². The summed E-state index contributed by atoms with van der Waals surface area (Å²) in [6.45, 7) is 3.24. The van der Waals surface area contributed by atoms with Gasteiger partial charge in [-0.05, 0) is 19.8 Å². The largest absolute Gasteiger partial charge is 0.387 e. The molecule has 0 radical (unpaired) electrons. The van der Waals surface area contributed by atoms with Gasteiger partial charge in [0, 0.05) is 6.61 Å². The molecule has 5 nitrogen and oxygen atoms in total. The van der Waals surface area contributed by atoms with Gasteiger partial charge in [-0.3, -0.25) is 0 Å². The van der Waals surface area contributed by atoms with Crippen LogP contribution < -0.4 is 0 Å². The van der Waals surface area contributed by atoms with E-state index in [1.807, 2.05) is 0 Å². The predicted octanol–water partition coefficient (Wildman–Crippen LogP) is 0.510. The van der Waals surface area contributed by atoms with E-state index in [-0.39, 0.29) is 6.10 Å². The molecule has 1 fully saturated rings. The molecule has 0 spiro atoms. The maximum absolute atomic E-state index is 9.43. The van der Waals surface area contributed by atoms with Gasteiger partial charge in [-0.15, -0.1) is 5.10 Å². The molecule has 1 unspecified atom stereocenters. The number of ether oxygens (including phenoxy) is 1. The molecule has 0 aromatic carbocycles. The predicted molar refractivity (Wildman–Crippen MR) is 49.6 cm³/mol. The molecule has 2 heterocycles. The van der Waals surface area contributed by atoms with Gasteiger partial charge in [-0.25, -0.2) is 4.68 Å². The van der Waals surface area contributed by atoms with Crippen LogP contribution in [0.1, 0.15) is 31.6 Å². The van der Waals surface area contributed by atoms with Crippen molar-refractivity contribution in [3.63, 3.8) is 0 Å². The Bertz CT molecular complexity index is 292. The Morgan fingerprint density at radius 1 is 1.79 bits per heavy atom. The van der Waals surface area contributed by atoms with Crippen LogP contribution in [-0.2, 0) is 11.3 Å². The molecule has 1 saturated heterocycles. The third-order valence-electron chi connectivity index (χ3n) is 2.48. The topological polar surface area (TPSA) is 60.2 Å². The van der Waals surface area contributed by atoms with Crippen molar-refractivity contribution in [1.29, 1.82) is 0 Å². The second-order valence-electron chi connectivity index (χ2n) is 3.65. The Kier molecular flexibility index (Phi) is 2.79. The van der Waals surface area contributed by atoms with Gasteiger partial charge < -0.3 is 9.84 Å². The molecule has 1 aliphatic rings. The highest BCUT2D eigenvalue weighted by Gasteiger charge is 2.19. The van der Waals surface area contributed by atoms with Crippen molar-refractivity contribution < 1.29 is 9.84 Å². The second kappa shape index (κ2) is 4.06. The van der Waals surface area contributed by atoms with Gasteiger partial charge >= 0.3 is 0 Å². The highest BCUT2D eigenvalue weighted by Crippen LogP contribution is 2.16. The van der Waals surface area contributed by atoms with Crippen molar-refractivity contribution in [2.24, 2.45) is 0 Å². The Morgan fingerprint density at radius 2 is 2.64 bits per heavy atom. The van der Waals surface area contributed by atoms with Crippen molar-refractivity contribution in [1.82, 2.24) is 15.0 Å². The van der Waals surface area contributed by atoms with E-state index in [0.29, 0.717) is 6.54 Å². The molecule has 0 saturated carbocycles. The molecule has 1 aliphatic heterocycles. The molecule has 2 rings (SSSR count). The zero-order valence-electron chi connectivity index (χ0n) is 8.26. The van der Waals surface area contributed by atoms with Crippen molar-refractivity contribution in [2.45, 2.75) is 38.5 Å². The number of hydrogen-bond acceptors (Lipinski definition) is 4. The van der Waals surface area contributed by atoms with Crippen LogP contribution in [0.5, 0.6) is 0 Å². The summed E-state index contributed by atoms with van der Waals surface area (Å²) in [5.74, 6) is 0. The van der Waals surface area contributed by atoms with Gasteiger partial charge in [-0.1, -0.05) is 5.21 Å². The average Bonchev–Trinajstić information content (AvgIpc) is 2.75. The van der Waals surface area contributed by atoms with Crippen LogP contribution in [0.15, 0.2) is 6.20 Å². The molecule has 0 amide bonds. The summed E-state index contributed by atoms with van der Waals surface area (Å²) in [6.07, 6.45) is 3.49. The van der Waals surface area contributed by atoms with E-state index in [1.165, 1.54) is 0 Å². The summed E-state index contributed by atoms with van der Waals surface area (Å²) in [6, 6.07) is 0. The van der Waals surface area contributed by atoms with E-state index in [0.717, 1.165) is 25.1 Å². The Balaban J connectivity index is 2.04. The van der Waals surface area contributed by atoms with Gasteiger partial charge in [0.2, 0.25) is 0 Å². The summed E-state index contributed by atoms with van der Waals surface area (Å²) in [7, 11) is 0. The first-order chi connectivity index (χ1) is 6.77. The maximum Gasteiger partial charge on any atom is 0.0945 e. The summed E-state index contributed by atoms with van der Waals surface area (Å²) < 4.78 is 7.21. The third kappa shape index (κ3) is 1.93. The quantitative estimate of drug-likeness (QED) is 0.767. The molecule has 0 aliphatic carbocycles. The maximum atomic E-state index is 9.43. The number of nitrogens with zero attached hydrogens (tertiary/aromatic N) is 3. The normalized spacial score (nSPS) is 24.0. The van der Waals surface area contributed by atoms with Gasteiger partial charge in [0.15, 0.2) is 0 Å². The first kappa shape index (κ1) is 9.61. The minimum absolute atomic E-state index is 0.231. The smallest absolute Gasteiger partial charge is 0.0945 e. The Hall–Kier alpha value is -0.940. The molecule has 1 N–H and O–H groups in total. The summed E-state index contributed by atoms with van der Waals surface area (Å²) in [5, 5.41) is 17.1. The fourth-order valence-electron chi connectivity index (χ4n) is 1.71. The molecule has 78 valence electrons. The highest BCUT2D eigenvalue weighted by molar-refractivity contribution is 4.97. The van der Waals surface area contributed by atoms with Crippen LogP contribution in [0.25, 0.3) is 0 Å². The number of aromatic nitrogens is 3. The van der Waals surface area contributed by atoms with Crippen LogP contribution in [0, 0.1) is 0 Å². The molecule has 2 atom stereocenters. The molecular weight excluding hydrogens is 182 g/mol. The lowest BCUT2D eigenvalue weighted by Gasteiger charge is -2.12. The zero-order chi connectivity index (χ0) is 9.97. The van der Waals surface area contributed by atoms with Crippen LogP contribution >= 0.6 is 0 Å². The van der Waals surface area contributed by atoms with Gasteiger partial charge in [0.1, 0.15) is 0 Å². The van der Waals surface area contributed by atoms with Crippen LogP contribution in [0.4, 0.5) is 0 Å². The first-order valence-corrected chi connectivity index (χ1v) is 4.95. The lowest BCUT2D eigenvalue weighted by Crippen LogP contribution is -2.18. The summed E-state index contributed by atoms with van der Waals surface area (Å²) in [5.41, 5.74) is 0.750. The van der Waals surface area contributed by atoms with Crippen LogP contribution in [0.3, 0.4) is 0 Å². The molecule has 0 bridgehead atoms. The number of hydrogen-bond donors (Lipinski definition) is 1. The molecular formula is C9H15N3O2. The van der Waals surface area contributed by atoms with Crippen LogP contribution in [-0.4, -0.2) is 32.8 Å².